The van der Waals surface area contributed by atoms with Crippen molar-refractivity contribution in [1.29, 1.82) is 5.26 Å². The number of nitrogens with zero attached hydrogens (tertiary/aromatic N) is 2. The topological polar surface area (TPSA) is 36.7 Å². The number of hydrogen-bond acceptors (Lipinski definition) is 2. The lowest BCUT2D eigenvalue weighted by Gasteiger charge is -2.09. The summed E-state index contributed by atoms with van der Waals surface area (Å²) in [4.78, 5) is 4.12. The van der Waals surface area contributed by atoms with Gasteiger partial charge in [0.1, 0.15) is 0 Å². The fraction of sp³-hybridized carbons (Fsp3) is 0. The van der Waals surface area contributed by atoms with E-state index in [0.717, 1.165) is 21.9 Å². The molecule has 0 radical (unpaired) electrons. The van der Waals surface area contributed by atoms with Crippen LogP contribution in [0.25, 0.3) is 21.9 Å². The minimum absolute atomic E-state index is 0.625. The number of rotatable bonds is 1. The van der Waals surface area contributed by atoms with E-state index in [1.807, 2.05) is 42.6 Å². The van der Waals surface area contributed by atoms with Gasteiger partial charge in [0.25, 0.3) is 0 Å². The Labute approximate surface area is 115 Å². The van der Waals surface area contributed by atoms with Gasteiger partial charge in [0, 0.05) is 28.4 Å². The number of nitriles is 1. The maximum absolute atomic E-state index is 9.00. The summed E-state index contributed by atoms with van der Waals surface area (Å²) >= 11 is 6.33. The minimum Gasteiger partial charge on any atom is -0.264 e. The van der Waals surface area contributed by atoms with Gasteiger partial charge in [-0.3, -0.25) is 4.98 Å². The zero-order valence-corrected chi connectivity index (χ0v) is 10.7. The van der Waals surface area contributed by atoms with Gasteiger partial charge in [0.05, 0.1) is 11.6 Å². The van der Waals surface area contributed by atoms with Crippen LogP contribution in [0.5, 0.6) is 0 Å². The Hall–Kier alpha value is -2.37. The van der Waals surface area contributed by atoms with Gasteiger partial charge in [-0.05, 0) is 35.2 Å². The van der Waals surface area contributed by atoms with Crippen molar-refractivity contribution >= 4 is 22.4 Å². The molecule has 0 saturated heterocycles. The smallest absolute Gasteiger partial charge is 0.0991 e. The van der Waals surface area contributed by atoms with Gasteiger partial charge in [0.2, 0.25) is 0 Å². The first kappa shape index (κ1) is 11.7. The lowest BCUT2D eigenvalue weighted by atomic mass is 9.98. The fourth-order valence-electron chi connectivity index (χ4n) is 2.18. The van der Waals surface area contributed by atoms with E-state index in [9.17, 15) is 0 Å². The molecule has 0 aliphatic rings. The molecule has 0 atom stereocenters. The molecule has 0 saturated carbocycles. The molecule has 3 rings (SSSR count). The summed E-state index contributed by atoms with van der Waals surface area (Å²) in [5, 5.41) is 11.7. The Morgan fingerprint density at radius 1 is 1.11 bits per heavy atom. The molecule has 19 heavy (non-hydrogen) atoms. The molecule has 0 aliphatic heterocycles. The molecule has 0 aliphatic carbocycles. The molecular weight excluding hydrogens is 256 g/mol. The van der Waals surface area contributed by atoms with Crippen molar-refractivity contribution in [2.24, 2.45) is 0 Å². The minimum atomic E-state index is 0.625. The quantitative estimate of drug-likeness (QED) is 0.652. The van der Waals surface area contributed by atoms with Crippen LogP contribution in [0.1, 0.15) is 5.56 Å². The van der Waals surface area contributed by atoms with Crippen molar-refractivity contribution in [3.8, 4) is 17.2 Å². The number of hydrogen-bond donors (Lipinski definition) is 0. The van der Waals surface area contributed by atoms with Crippen LogP contribution in [-0.4, -0.2) is 4.98 Å². The molecule has 0 fully saturated rings. The first-order chi connectivity index (χ1) is 9.29. The van der Waals surface area contributed by atoms with E-state index in [1.165, 1.54) is 0 Å². The Kier molecular flexibility index (Phi) is 2.91. The van der Waals surface area contributed by atoms with Crippen molar-refractivity contribution in [2.45, 2.75) is 0 Å². The fourth-order valence-corrected chi connectivity index (χ4v) is 2.45. The van der Waals surface area contributed by atoms with Crippen LogP contribution in [0.3, 0.4) is 0 Å². The van der Waals surface area contributed by atoms with Gasteiger partial charge < -0.3 is 0 Å². The molecule has 0 unspecified atom stereocenters. The lowest BCUT2D eigenvalue weighted by molar-refractivity contribution is 1.36. The number of halogens is 1. The Balaban J connectivity index is 2.35. The molecule has 3 heteroatoms. The van der Waals surface area contributed by atoms with Gasteiger partial charge >= 0.3 is 0 Å². The third kappa shape index (κ3) is 2.05. The van der Waals surface area contributed by atoms with Crippen LogP contribution in [-0.2, 0) is 0 Å². The second-order valence-corrected chi connectivity index (χ2v) is 4.62. The summed E-state index contributed by atoms with van der Waals surface area (Å²) in [6.45, 7) is 0. The Morgan fingerprint density at radius 2 is 2.00 bits per heavy atom. The van der Waals surface area contributed by atoms with Crippen molar-refractivity contribution < 1.29 is 0 Å². The van der Waals surface area contributed by atoms with Crippen LogP contribution >= 0.6 is 11.6 Å². The monoisotopic (exact) mass is 264 g/mol. The molecule has 2 aromatic carbocycles. The van der Waals surface area contributed by atoms with Crippen molar-refractivity contribution in [3.63, 3.8) is 0 Å². The van der Waals surface area contributed by atoms with Crippen LogP contribution in [0.2, 0.25) is 5.02 Å². The SMILES string of the molecule is N#Cc1cccc(-c2c(Cl)ccc3cnccc23)c1. The van der Waals surface area contributed by atoms with Gasteiger partial charge in [-0.2, -0.15) is 5.26 Å². The summed E-state index contributed by atoms with van der Waals surface area (Å²) in [5.41, 5.74) is 2.51. The maximum atomic E-state index is 9.00. The van der Waals surface area contributed by atoms with Crippen molar-refractivity contribution in [2.75, 3.05) is 0 Å². The summed E-state index contributed by atoms with van der Waals surface area (Å²) in [5.74, 6) is 0. The molecule has 0 spiro atoms. The highest BCUT2D eigenvalue weighted by molar-refractivity contribution is 6.35. The van der Waals surface area contributed by atoms with Gasteiger partial charge in [-0.1, -0.05) is 29.8 Å². The molecule has 0 bridgehead atoms. The highest BCUT2D eigenvalue weighted by Gasteiger charge is 2.09. The van der Waals surface area contributed by atoms with Crippen LogP contribution in [0.4, 0.5) is 0 Å². The number of pyridine rings is 1. The summed E-state index contributed by atoms with van der Waals surface area (Å²) < 4.78 is 0. The predicted octanol–water partition coefficient (Wildman–Crippen LogP) is 4.43. The molecule has 90 valence electrons. The van der Waals surface area contributed by atoms with Crippen LogP contribution in [0, 0.1) is 11.3 Å². The molecular formula is C16H9ClN2. The van der Waals surface area contributed by atoms with Crippen molar-refractivity contribution in [3.05, 3.63) is 65.4 Å². The highest BCUT2D eigenvalue weighted by Crippen LogP contribution is 2.35. The average Bonchev–Trinajstić information content (AvgIpc) is 2.47. The highest BCUT2D eigenvalue weighted by atomic mass is 35.5. The predicted molar refractivity (Wildman–Crippen MR) is 76.9 cm³/mol. The average molecular weight is 265 g/mol. The second-order valence-electron chi connectivity index (χ2n) is 4.21. The zero-order chi connectivity index (χ0) is 13.2. The summed E-state index contributed by atoms with van der Waals surface area (Å²) in [6.07, 6.45) is 3.56. The molecule has 0 N–H and O–H groups in total. The van der Waals surface area contributed by atoms with E-state index in [0.29, 0.717) is 10.6 Å². The number of benzene rings is 2. The van der Waals surface area contributed by atoms with Gasteiger partial charge in [-0.15, -0.1) is 0 Å². The lowest BCUT2D eigenvalue weighted by Crippen LogP contribution is -1.85. The maximum Gasteiger partial charge on any atom is 0.0991 e. The summed E-state index contributed by atoms with van der Waals surface area (Å²) in [7, 11) is 0. The molecule has 1 aromatic heterocycles. The first-order valence-electron chi connectivity index (χ1n) is 5.82. The van der Waals surface area contributed by atoms with Gasteiger partial charge in [0.15, 0.2) is 0 Å². The van der Waals surface area contributed by atoms with E-state index in [1.54, 1.807) is 12.3 Å². The second kappa shape index (κ2) is 4.72. The number of fused-ring (bicyclic) bond motifs is 1. The molecule has 3 aromatic rings. The standard InChI is InChI=1S/C16H9ClN2/c17-15-5-4-13-10-19-7-6-14(13)16(15)12-3-1-2-11(8-12)9-18/h1-8,10H. The summed E-state index contributed by atoms with van der Waals surface area (Å²) in [6, 6.07) is 15.4. The van der Waals surface area contributed by atoms with Crippen molar-refractivity contribution in [1.82, 2.24) is 4.98 Å². The van der Waals surface area contributed by atoms with E-state index < -0.39 is 0 Å². The van der Waals surface area contributed by atoms with Crippen LogP contribution in [0.15, 0.2) is 54.9 Å². The first-order valence-corrected chi connectivity index (χ1v) is 6.20. The van der Waals surface area contributed by atoms with E-state index in [-0.39, 0.29) is 0 Å². The Bertz CT molecular complexity index is 803. The normalized spacial score (nSPS) is 10.3. The molecule has 2 nitrogen and oxygen atoms in total. The zero-order valence-electron chi connectivity index (χ0n) is 9.97. The number of aromatic nitrogens is 1. The van der Waals surface area contributed by atoms with E-state index in [2.05, 4.69) is 11.1 Å². The van der Waals surface area contributed by atoms with Gasteiger partial charge in [-0.25, -0.2) is 0 Å². The third-order valence-corrected chi connectivity index (χ3v) is 3.36. The molecule has 1 heterocycles. The third-order valence-electron chi connectivity index (χ3n) is 3.05. The van der Waals surface area contributed by atoms with E-state index in [4.69, 9.17) is 16.9 Å². The largest absolute Gasteiger partial charge is 0.264 e. The van der Waals surface area contributed by atoms with Crippen LogP contribution < -0.4 is 0 Å². The van der Waals surface area contributed by atoms with E-state index >= 15 is 0 Å². The molecule has 0 amide bonds. The Morgan fingerprint density at radius 3 is 2.84 bits per heavy atom.